The van der Waals surface area contributed by atoms with Crippen LogP contribution < -0.4 is 5.73 Å². The molecule has 0 fully saturated rings. The number of fused-ring (bicyclic) bond motifs is 1. The summed E-state index contributed by atoms with van der Waals surface area (Å²) in [6.45, 7) is 0. The van der Waals surface area contributed by atoms with E-state index in [1.807, 2.05) is 0 Å². The van der Waals surface area contributed by atoms with Crippen molar-refractivity contribution < 1.29 is 0 Å². The third-order valence-corrected chi connectivity index (χ3v) is 3.12. The quantitative estimate of drug-likeness (QED) is 0.729. The summed E-state index contributed by atoms with van der Waals surface area (Å²) in [4.78, 5) is 17.5. The Morgan fingerprint density at radius 1 is 1.06 bits per heavy atom. The lowest BCUT2D eigenvalue weighted by molar-refractivity contribution is 1.22. The van der Waals surface area contributed by atoms with E-state index >= 15 is 0 Å². The minimum atomic E-state index is 0.459. The fraction of sp³-hybridized carbons (Fsp3) is 0. The largest absolute Gasteiger partial charge is 0.375 e. The van der Waals surface area contributed by atoms with Crippen molar-refractivity contribution in [3.8, 4) is 11.4 Å². The van der Waals surface area contributed by atoms with Gasteiger partial charge in [-0.3, -0.25) is 4.98 Å². The van der Waals surface area contributed by atoms with Crippen LogP contribution in [0.3, 0.4) is 0 Å². The number of halogens is 1. The van der Waals surface area contributed by atoms with Crippen molar-refractivity contribution in [2.45, 2.75) is 0 Å². The van der Waals surface area contributed by atoms with E-state index < -0.39 is 0 Å². The van der Waals surface area contributed by atoms with Crippen LogP contribution in [0, 0.1) is 0 Å². The molecule has 17 heavy (non-hydrogen) atoms. The fourth-order valence-electron chi connectivity index (χ4n) is 1.39. The second-order valence-corrected chi connectivity index (χ2v) is 4.74. The maximum atomic E-state index is 5.77. The smallest absolute Gasteiger partial charge is 0.191 e. The molecule has 84 valence electrons. The Morgan fingerprint density at radius 3 is 2.71 bits per heavy atom. The van der Waals surface area contributed by atoms with Gasteiger partial charge in [0.05, 0.1) is 16.9 Å². The molecule has 0 aliphatic rings. The van der Waals surface area contributed by atoms with Gasteiger partial charge in [-0.05, 0) is 12.1 Å². The first kappa shape index (κ1) is 10.4. The molecular formula is C10H6ClN5S. The van der Waals surface area contributed by atoms with Gasteiger partial charge in [0.2, 0.25) is 0 Å². The van der Waals surface area contributed by atoms with Crippen LogP contribution in [0.1, 0.15) is 0 Å². The first-order valence-electron chi connectivity index (χ1n) is 4.73. The fourth-order valence-corrected chi connectivity index (χ4v) is 2.16. The van der Waals surface area contributed by atoms with Crippen LogP contribution in [0.4, 0.5) is 5.13 Å². The molecule has 0 aromatic carbocycles. The molecule has 0 spiro atoms. The first-order chi connectivity index (χ1) is 8.22. The van der Waals surface area contributed by atoms with Gasteiger partial charge in [-0.2, -0.15) is 4.98 Å². The highest BCUT2D eigenvalue weighted by atomic mass is 35.5. The number of pyridine rings is 1. The number of nitrogen functional groups attached to an aromatic ring is 1. The van der Waals surface area contributed by atoms with E-state index in [0.29, 0.717) is 26.3 Å². The van der Waals surface area contributed by atoms with Gasteiger partial charge in [-0.15, -0.1) is 0 Å². The van der Waals surface area contributed by atoms with Crippen molar-refractivity contribution in [2.75, 3.05) is 5.73 Å². The van der Waals surface area contributed by atoms with Crippen LogP contribution in [0.25, 0.3) is 21.9 Å². The van der Waals surface area contributed by atoms with Gasteiger partial charge < -0.3 is 5.73 Å². The maximum absolute atomic E-state index is 5.77. The van der Waals surface area contributed by atoms with Gasteiger partial charge in [-0.25, -0.2) is 9.97 Å². The molecule has 0 radical (unpaired) electrons. The molecule has 3 aromatic heterocycles. The summed E-state index contributed by atoms with van der Waals surface area (Å²) in [7, 11) is 0. The zero-order valence-corrected chi connectivity index (χ0v) is 10.0. The highest BCUT2D eigenvalue weighted by molar-refractivity contribution is 7.21. The Labute approximate surface area is 105 Å². The number of rotatable bonds is 1. The summed E-state index contributed by atoms with van der Waals surface area (Å²) in [5, 5.41) is 1.05. The predicted molar refractivity (Wildman–Crippen MR) is 67.9 cm³/mol. The Kier molecular flexibility index (Phi) is 2.38. The van der Waals surface area contributed by atoms with Gasteiger partial charge >= 0.3 is 0 Å². The summed E-state index contributed by atoms with van der Waals surface area (Å²) in [5.74, 6) is 0. The number of anilines is 1. The molecule has 0 saturated carbocycles. The summed E-state index contributed by atoms with van der Waals surface area (Å²) < 4.78 is 0. The number of hydrogen-bond acceptors (Lipinski definition) is 6. The minimum absolute atomic E-state index is 0.459. The number of nitrogens with zero attached hydrogens (tertiary/aromatic N) is 4. The molecule has 0 unspecified atom stereocenters. The normalized spacial score (nSPS) is 10.9. The minimum Gasteiger partial charge on any atom is -0.375 e. The number of thiazole rings is 1. The zero-order valence-electron chi connectivity index (χ0n) is 8.46. The molecule has 0 aliphatic heterocycles. The summed E-state index contributed by atoms with van der Waals surface area (Å²) in [6.07, 6.45) is 3.20. The van der Waals surface area contributed by atoms with Gasteiger partial charge in [0, 0.05) is 6.20 Å². The molecule has 0 saturated heterocycles. The van der Waals surface area contributed by atoms with E-state index in [-0.39, 0.29) is 0 Å². The van der Waals surface area contributed by atoms with Gasteiger partial charge in [0.25, 0.3) is 0 Å². The van der Waals surface area contributed by atoms with Gasteiger partial charge in [-0.1, -0.05) is 22.9 Å². The van der Waals surface area contributed by atoms with E-state index in [0.717, 1.165) is 5.69 Å². The highest BCUT2D eigenvalue weighted by Gasteiger charge is 2.07. The van der Waals surface area contributed by atoms with Crippen molar-refractivity contribution in [1.82, 2.24) is 19.9 Å². The van der Waals surface area contributed by atoms with Crippen LogP contribution in [0.2, 0.25) is 5.02 Å². The molecule has 0 atom stereocenters. The molecule has 0 amide bonds. The van der Waals surface area contributed by atoms with Crippen molar-refractivity contribution in [1.29, 1.82) is 0 Å². The standard InChI is InChI=1S/C10H6ClN5S/c11-5-1-2-6(13-3-5)7-4-14-8-9(15-7)17-10(12)16-8/h1-4H,(H2,12,14,16). The van der Waals surface area contributed by atoms with E-state index in [9.17, 15) is 0 Å². The van der Waals surface area contributed by atoms with Crippen molar-refractivity contribution in [2.24, 2.45) is 0 Å². The van der Waals surface area contributed by atoms with Crippen LogP contribution in [-0.4, -0.2) is 19.9 Å². The lowest BCUT2D eigenvalue weighted by atomic mass is 10.3. The molecule has 3 heterocycles. The van der Waals surface area contributed by atoms with Crippen molar-refractivity contribution in [3.63, 3.8) is 0 Å². The van der Waals surface area contributed by atoms with Gasteiger partial charge in [0.15, 0.2) is 15.6 Å². The van der Waals surface area contributed by atoms with Crippen LogP contribution in [0.15, 0.2) is 24.5 Å². The van der Waals surface area contributed by atoms with Crippen molar-refractivity contribution in [3.05, 3.63) is 29.5 Å². The topological polar surface area (TPSA) is 77.6 Å². The maximum Gasteiger partial charge on any atom is 0.191 e. The zero-order chi connectivity index (χ0) is 11.8. The highest BCUT2D eigenvalue weighted by Crippen LogP contribution is 2.23. The average Bonchev–Trinajstić information content (AvgIpc) is 2.69. The summed E-state index contributed by atoms with van der Waals surface area (Å²) >= 11 is 7.08. The molecule has 3 aromatic rings. The molecule has 2 N–H and O–H groups in total. The van der Waals surface area contributed by atoms with Crippen LogP contribution in [-0.2, 0) is 0 Å². The lowest BCUT2D eigenvalue weighted by Crippen LogP contribution is -1.89. The number of aromatic nitrogens is 4. The molecule has 0 bridgehead atoms. The summed E-state index contributed by atoms with van der Waals surface area (Å²) in [6, 6.07) is 3.55. The molecule has 0 aliphatic carbocycles. The Hall–Kier alpha value is -1.79. The molecule has 7 heteroatoms. The Balaban J connectivity index is 2.13. The molecular weight excluding hydrogens is 258 g/mol. The first-order valence-corrected chi connectivity index (χ1v) is 5.93. The molecule has 5 nitrogen and oxygen atoms in total. The number of hydrogen-bond donors (Lipinski definition) is 1. The van der Waals surface area contributed by atoms with Crippen molar-refractivity contribution >= 4 is 38.5 Å². The van der Waals surface area contributed by atoms with E-state index in [4.69, 9.17) is 17.3 Å². The van der Waals surface area contributed by atoms with E-state index in [1.54, 1.807) is 24.5 Å². The predicted octanol–water partition coefficient (Wildman–Crippen LogP) is 2.38. The van der Waals surface area contributed by atoms with Crippen LogP contribution >= 0.6 is 22.9 Å². The third-order valence-electron chi connectivity index (χ3n) is 2.13. The monoisotopic (exact) mass is 263 g/mol. The van der Waals surface area contributed by atoms with E-state index in [2.05, 4.69) is 19.9 Å². The third kappa shape index (κ3) is 1.92. The van der Waals surface area contributed by atoms with Gasteiger partial charge in [0.1, 0.15) is 5.69 Å². The SMILES string of the molecule is Nc1nc2ncc(-c3ccc(Cl)cn3)nc2s1. The Bertz CT molecular complexity index is 679. The number of nitrogens with two attached hydrogens (primary N) is 1. The van der Waals surface area contributed by atoms with Crippen LogP contribution in [0.5, 0.6) is 0 Å². The molecule has 3 rings (SSSR count). The average molecular weight is 264 g/mol. The lowest BCUT2D eigenvalue weighted by Gasteiger charge is -1.98. The Morgan fingerprint density at radius 2 is 1.94 bits per heavy atom. The second-order valence-electron chi connectivity index (χ2n) is 3.30. The second kappa shape index (κ2) is 3.90. The van der Waals surface area contributed by atoms with E-state index in [1.165, 1.54) is 11.3 Å². The summed E-state index contributed by atoms with van der Waals surface area (Å²) in [5.41, 5.74) is 7.55.